The van der Waals surface area contributed by atoms with Crippen molar-refractivity contribution < 1.29 is 27.5 Å². The number of Topliss-reactive ketones (excluding diaryl/α,β-unsaturated/α-hetero) is 1. The highest BCUT2D eigenvalue weighted by Gasteiger charge is 2.38. The second-order valence-electron chi connectivity index (χ2n) is 6.57. The maximum absolute atomic E-state index is 12.2. The van der Waals surface area contributed by atoms with Crippen LogP contribution in [0, 0.1) is 5.92 Å². The van der Waals surface area contributed by atoms with Gasteiger partial charge in [0.1, 0.15) is 6.04 Å². The van der Waals surface area contributed by atoms with Gasteiger partial charge in [-0.3, -0.25) is 14.4 Å². The van der Waals surface area contributed by atoms with Gasteiger partial charge >= 0.3 is 5.97 Å². The minimum atomic E-state index is -4.00. The van der Waals surface area contributed by atoms with E-state index in [9.17, 15) is 22.8 Å². The Morgan fingerprint density at radius 3 is 2.44 bits per heavy atom. The fourth-order valence-electron chi connectivity index (χ4n) is 2.62. The van der Waals surface area contributed by atoms with Crippen LogP contribution in [0.4, 0.5) is 5.69 Å². The van der Waals surface area contributed by atoms with E-state index in [-0.39, 0.29) is 18.4 Å². The number of ketones is 1. The van der Waals surface area contributed by atoms with Crippen LogP contribution in [0.2, 0.25) is 0 Å². The number of hydrogen-bond donors (Lipinski definition) is 2. The summed E-state index contributed by atoms with van der Waals surface area (Å²) in [7, 11) is -4.00. The van der Waals surface area contributed by atoms with Crippen LogP contribution in [0.5, 0.6) is 0 Å². The number of ether oxygens (including phenoxy) is 1. The van der Waals surface area contributed by atoms with Gasteiger partial charge in [-0.1, -0.05) is 13.8 Å². The molecular formula is C17H23N3O6S. The number of carbonyl (C=O) groups excluding carboxylic acids is 3. The zero-order chi connectivity index (χ0) is 20.2. The Morgan fingerprint density at radius 1 is 1.26 bits per heavy atom. The number of nitrogens with zero attached hydrogens (tertiary/aromatic N) is 1. The van der Waals surface area contributed by atoms with Gasteiger partial charge in [-0.15, -0.1) is 0 Å². The van der Waals surface area contributed by atoms with Crippen molar-refractivity contribution in [3.8, 4) is 0 Å². The predicted octanol–water partition coefficient (Wildman–Crippen LogP) is 0.675. The zero-order valence-electron chi connectivity index (χ0n) is 15.2. The van der Waals surface area contributed by atoms with Crippen molar-refractivity contribution in [2.24, 2.45) is 11.1 Å². The summed E-state index contributed by atoms with van der Waals surface area (Å²) < 4.78 is 28.8. The molecule has 10 heteroatoms. The molecule has 0 aromatic heterocycles. The second-order valence-corrected chi connectivity index (χ2v) is 8.06. The molecule has 1 heterocycles. The second kappa shape index (κ2) is 8.59. The first-order chi connectivity index (χ1) is 12.6. The Kier molecular flexibility index (Phi) is 6.68. The molecule has 0 spiro atoms. The van der Waals surface area contributed by atoms with Crippen molar-refractivity contribution in [2.45, 2.75) is 32.7 Å². The SMILES string of the molecule is CC(C)C(=O)Nc1ccc(C(=O)COC(=O)[C@@H]2CCCN2S(N)(=O)=O)cc1. The molecule has 1 saturated heterocycles. The van der Waals surface area contributed by atoms with Crippen molar-refractivity contribution in [3.63, 3.8) is 0 Å². The van der Waals surface area contributed by atoms with Crippen molar-refractivity contribution >= 4 is 33.6 Å². The molecule has 1 fully saturated rings. The first kappa shape index (κ1) is 21.0. The van der Waals surface area contributed by atoms with Gasteiger partial charge in [0.25, 0.3) is 10.2 Å². The van der Waals surface area contributed by atoms with E-state index < -0.39 is 34.6 Å². The number of benzene rings is 1. The van der Waals surface area contributed by atoms with Crippen LogP contribution in [-0.2, 0) is 24.5 Å². The van der Waals surface area contributed by atoms with Crippen molar-refractivity contribution in [3.05, 3.63) is 29.8 Å². The summed E-state index contributed by atoms with van der Waals surface area (Å²) >= 11 is 0. The van der Waals surface area contributed by atoms with Crippen LogP contribution in [-0.4, -0.2) is 49.6 Å². The first-order valence-electron chi connectivity index (χ1n) is 8.50. The van der Waals surface area contributed by atoms with Gasteiger partial charge in [-0.25, -0.2) is 5.14 Å². The summed E-state index contributed by atoms with van der Waals surface area (Å²) in [5.74, 6) is -1.54. The number of carbonyl (C=O) groups is 3. The minimum absolute atomic E-state index is 0.140. The highest BCUT2D eigenvalue weighted by Crippen LogP contribution is 2.20. The van der Waals surface area contributed by atoms with E-state index in [1.165, 1.54) is 12.1 Å². The van der Waals surface area contributed by atoms with E-state index in [1.54, 1.807) is 26.0 Å². The van der Waals surface area contributed by atoms with Crippen molar-refractivity contribution in [1.29, 1.82) is 0 Å². The number of anilines is 1. The fraction of sp³-hybridized carbons (Fsp3) is 0.471. The van der Waals surface area contributed by atoms with Crippen molar-refractivity contribution in [1.82, 2.24) is 4.31 Å². The third-order valence-corrected chi connectivity index (χ3v) is 5.24. The summed E-state index contributed by atoms with van der Waals surface area (Å²) in [5, 5.41) is 7.78. The van der Waals surface area contributed by atoms with Crippen LogP contribution in [0.3, 0.4) is 0 Å². The zero-order valence-corrected chi connectivity index (χ0v) is 16.0. The van der Waals surface area contributed by atoms with E-state index >= 15 is 0 Å². The third kappa shape index (κ3) is 5.59. The monoisotopic (exact) mass is 397 g/mol. The number of amides is 1. The van der Waals surface area contributed by atoms with E-state index in [2.05, 4.69) is 5.32 Å². The third-order valence-electron chi connectivity index (χ3n) is 4.15. The van der Waals surface area contributed by atoms with E-state index in [0.717, 1.165) is 4.31 Å². The Balaban J connectivity index is 1.92. The summed E-state index contributed by atoms with van der Waals surface area (Å²) in [6, 6.07) is 5.18. The molecule has 9 nitrogen and oxygen atoms in total. The maximum atomic E-state index is 12.2. The van der Waals surface area contributed by atoms with E-state index in [4.69, 9.17) is 9.88 Å². The average molecular weight is 397 g/mol. The normalized spacial score (nSPS) is 17.7. The summed E-state index contributed by atoms with van der Waals surface area (Å²) in [6.07, 6.45) is 0.793. The molecule has 1 aliphatic rings. The van der Waals surface area contributed by atoms with Gasteiger partial charge in [-0.2, -0.15) is 12.7 Å². The number of esters is 1. The van der Waals surface area contributed by atoms with Gasteiger partial charge in [0.2, 0.25) is 5.91 Å². The van der Waals surface area contributed by atoms with Crippen LogP contribution in [0.25, 0.3) is 0 Å². The lowest BCUT2D eigenvalue weighted by Crippen LogP contribution is -2.44. The number of hydrogen-bond acceptors (Lipinski definition) is 6. The standard InChI is InChI=1S/C17H23N3O6S/c1-11(2)16(22)19-13-7-5-12(6-8-13)15(21)10-26-17(23)14-4-3-9-20(14)27(18,24)25/h5-8,11,14H,3-4,9-10H2,1-2H3,(H,19,22)(H2,18,24,25)/t14-/m0/s1. The van der Waals surface area contributed by atoms with Crippen LogP contribution >= 0.6 is 0 Å². The lowest BCUT2D eigenvalue weighted by Gasteiger charge is -2.19. The molecule has 0 saturated carbocycles. The Morgan fingerprint density at radius 2 is 1.89 bits per heavy atom. The maximum Gasteiger partial charge on any atom is 0.324 e. The Bertz CT molecular complexity index is 820. The Labute approximate surface area is 158 Å². The van der Waals surface area contributed by atoms with Gasteiger partial charge in [-0.05, 0) is 37.1 Å². The molecule has 0 radical (unpaired) electrons. The fourth-order valence-corrected chi connectivity index (χ4v) is 3.55. The van der Waals surface area contributed by atoms with Gasteiger partial charge in [0, 0.05) is 23.7 Å². The lowest BCUT2D eigenvalue weighted by atomic mass is 10.1. The molecule has 3 N–H and O–H groups in total. The van der Waals surface area contributed by atoms with Crippen LogP contribution in [0.1, 0.15) is 37.0 Å². The molecule has 1 aromatic rings. The minimum Gasteiger partial charge on any atom is -0.456 e. The molecule has 0 bridgehead atoms. The quantitative estimate of drug-likeness (QED) is 0.513. The molecular weight excluding hydrogens is 374 g/mol. The largest absolute Gasteiger partial charge is 0.456 e. The van der Waals surface area contributed by atoms with E-state index in [0.29, 0.717) is 24.1 Å². The van der Waals surface area contributed by atoms with Gasteiger partial charge in [0.05, 0.1) is 0 Å². The van der Waals surface area contributed by atoms with E-state index in [1.807, 2.05) is 0 Å². The molecule has 1 aliphatic heterocycles. The molecule has 2 rings (SSSR count). The molecule has 0 aliphatic carbocycles. The molecule has 27 heavy (non-hydrogen) atoms. The van der Waals surface area contributed by atoms with Gasteiger partial charge in [0.15, 0.2) is 12.4 Å². The lowest BCUT2D eigenvalue weighted by molar-refractivity contribution is -0.146. The Hall–Kier alpha value is -2.30. The summed E-state index contributed by atoms with van der Waals surface area (Å²) in [5.41, 5.74) is 0.858. The molecule has 1 amide bonds. The van der Waals surface area contributed by atoms with Gasteiger partial charge < -0.3 is 10.1 Å². The number of rotatable bonds is 7. The van der Waals surface area contributed by atoms with Crippen LogP contribution in [0.15, 0.2) is 24.3 Å². The number of nitrogens with two attached hydrogens (primary N) is 1. The summed E-state index contributed by atoms with van der Waals surface area (Å²) in [4.78, 5) is 35.9. The molecule has 148 valence electrons. The smallest absolute Gasteiger partial charge is 0.324 e. The highest BCUT2D eigenvalue weighted by atomic mass is 32.2. The van der Waals surface area contributed by atoms with Crippen LogP contribution < -0.4 is 10.5 Å². The predicted molar refractivity (Wildman–Crippen MR) is 98.0 cm³/mol. The summed E-state index contributed by atoms with van der Waals surface area (Å²) in [6.45, 7) is 3.17. The highest BCUT2D eigenvalue weighted by molar-refractivity contribution is 7.86. The topological polar surface area (TPSA) is 136 Å². The average Bonchev–Trinajstić information content (AvgIpc) is 3.10. The molecule has 0 unspecified atom stereocenters. The molecule has 1 atom stereocenters. The number of nitrogens with one attached hydrogen (secondary N) is 1. The molecule has 1 aromatic carbocycles. The van der Waals surface area contributed by atoms with Crippen molar-refractivity contribution in [2.75, 3.05) is 18.5 Å². The first-order valence-corrected chi connectivity index (χ1v) is 10.00.